The van der Waals surface area contributed by atoms with Gasteiger partial charge in [-0.2, -0.15) is 18.3 Å². The van der Waals surface area contributed by atoms with Crippen molar-refractivity contribution in [2.24, 2.45) is 5.92 Å². The van der Waals surface area contributed by atoms with Gasteiger partial charge < -0.3 is 4.42 Å². The molecular formula is C24H19F3N6O3S. The Morgan fingerprint density at radius 3 is 2.84 bits per heavy atom. The zero-order chi connectivity index (χ0) is 26.1. The number of carbonyl (C=O) groups is 1. The Bertz CT molecular complexity index is 1750. The molecule has 5 aromatic heterocycles. The number of alkyl halides is 3. The summed E-state index contributed by atoms with van der Waals surface area (Å²) in [5.74, 6) is 0.00339. The first kappa shape index (κ1) is 23.4. The van der Waals surface area contributed by atoms with Crippen LogP contribution in [0.15, 0.2) is 39.9 Å². The number of halogens is 3. The van der Waals surface area contributed by atoms with Crippen molar-refractivity contribution in [3.8, 4) is 11.5 Å². The number of hydrogen-bond donors (Lipinski definition) is 1. The Morgan fingerprint density at radius 2 is 2.11 bits per heavy atom. The van der Waals surface area contributed by atoms with E-state index in [-0.39, 0.29) is 28.5 Å². The summed E-state index contributed by atoms with van der Waals surface area (Å²) in [6.07, 6.45) is 0.0824. The van der Waals surface area contributed by atoms with E-state index in [9.17, 15) is 22.8 Å². The lowest BCUT2D eigenvalue weighted by Gasteiger charge is -2.17. The molecule has 9 nitrogen and oxygen atoms in total. The van der Waals surface area contributed by atoms with Gasteiger partial charge in [0, 0.05) is 4.88 Å². The molecule has 1 aliphatic carbocycles. The minimum absolute atomic E-state index is 0.0961. The van der Waals surface area contributed by atoms with Gasteiger partial charge in [0.15, 0.2) is 17.1 Å². The fourth-order valence-corrected chi connectivity index (χ4v) is 6.08. The van der Waals surface area contributed by atoms with E-state index in [0.717, 1.165) is 46.6 Å². The maximum atomic E-state index is 13.8. The highest BCUT2D eigenvalue weighted by atomic mass is 32.1. The molecule has 0 fully saturated rings. The molecule has 1 atom stereocenters. The topological polar surface area (TPSA) is 107 Å². The number of rotatable bonds is 3. The molecule has 6 rings (SSSR count). The van der Waals surface area contributed by atoms with Crippen LogP contribution in [0.1, 0.15) is 45.7 Å². The summed E-state index contributed by atoms with van der Waals surface area (Å²) in [6.45, 7) is 3.74. The van der Waals surface area contributed by atoms with E-state index in [4.69, 9.17) is 4.42 Å². The number of amides is 1. The quantitative estimate of drug-likeness (QED) is 0.367. The molecule has 5 heterocycles. The fourth-order valence-electron chi connectivity index (χ4n) is 4.66. The zero-order valence-corrected chi connectivity index (χ0v) is 20.4. The SMILES string of the molecule is Cc1nc2sc3c(c2c(=O)n1NC(=O)c1cnn2c(C(F)(F)F)cc(-c4ccco4)nc12)CCC(C)C3. The average molecular weight is 529 g/mol. The largest absolute Gasteiger partial charge is 0.463 e. The summed E-state index contributed by atoms with van der Waals surface area (Å²) in [6, 6.07) is 3.77. The third kappa shape index (κ3) is 3.80. The number of carbonyl (C=O) groups excluding carboxylic acids is 1. The molecule has 0 saturated carbocycles. The number of hydrogen-bond acceptors (Lipinski definition) is 7. The summed E-state index contributed by atoms with van der Waals surface area (Å²) in [4.78, 5) is 37.2. The van der Waals surface area contributed by atoms with E-state index in [2.05, 4.69) is 27.4 Å². The van der Waals surface area contributed by atoms with Crippen LogP contribution in [0.25, 0.3) is 27.3 Å². The average Bonchev–Trinajstić information content (AvgIpc) is 3.58. The van der Waals surface area contributed by atoms with Gasteiger partial charge in [0.1, 0.15) is 21.9 Å². The van der Waals surface area contributed by atoms with Gasteiger partial charge in [0.05, 0.1) is 17.8 Å². The monoisotopic (exact) mass is 528 g/mol. The predicted molar refractivity (Wildman–Crippen MR) is 129 cm³/mol. The molecule has 0 radical (unpaired) electrons. The second kappa shape index (κ2) is 8.26. The Labute approximate surface area is 210 Å². The van der Waals surface area contributed by atoms with Crippen molar-refractivity contribution < 1.29 is 22.4 Å². The number of furan rings is 1. The van der Waals surface area contributed by atoms with Crippen LogP contribution in [0, 0.1) is 12.8 Å². The molecule has 1 unspecified atom stereocenters. The number of aryl methyl sites for hydroxylation is 2. The second-order valence-electron chi connectivity index (χ2n) is 9.07. The highest BCUT2D eigenvalue weighted by molar-refractivity contribution is 7.18. The van der Waals surface area contributed by atoms with Crippen LogP contribution in [-0.2, 0) is 19.0 Å². The minimum atomic E-state index is -4.78. The van der Waals surface area contributed by atoms with Crippen LogP contribution < -0.4 is 11.0 Å². The number of aromatic nitrogens is 5. The van der Waals surface area contributed by atoms with Crippen molar-refractivity contribution >= 4 is 33.1 Å². The second-order valence-corrected chi connectivity index (χ2v) is 10.2. The van der Waals surface area contributed by atoms with Crippen LogP contribution in [0.2, 0.25) is 0 Å². The fraction of sp³-hybridized carbons (Fsp3) is 0.292. The standard InChI is InChI=1S/C24H19F3N6O3S/c1-11-5-6-13-17(8-11)37-22-19(13)23(35)32(12(2)29-22)31-21(34)14-10-28-33-18(24(25,26)27)9-15(30-20(14)33)16-4-3-7-36-16/h3-4,7,9-11H,5-6,8H2,1-2H3,(H,31,34). The molecule has 0 spiro atoms. The van der Waals surface area contributed by atoms with Gasteiger partial charge in [-0.15, -0.1) is 11.3 Å². The molecule has 5 aromatic rings. The van der Waals surface area contributed by atoms with Gasteiger partial charge in [-0.25, -0.2) is 19.2 Å². The lowest BCUT2D eigenvalue weighted by atomic mass is 9.89. The van der Waals surface area contributed by atoms with Gasteiger partial charge in [-0.05, 0) is 55.9 Å². The first-order valence-corrected chi connectivity index (χ1v) is 12.3. The lowest BCUT2D eigenvalue weighted by Crippen LogP contribution is -2.35. The third-order valence-electron chi connectivity index (χ3n) is 6.49. The minimum Gasteiger partial charge on any atom is -0.463 e. The van der Waals surface area contributed by atoms with Gasteiger partial charge in [0.2, 0.25) is 0 Å². The van der Waals surface area contributed by atoms with Crippen molar-refractivity contribution in [3.05, 3.63) is 68.5 Å². The summed E-state index contributed by atoms with van der Waals surface area (Å²) in [5.41, 5.74) is 1.20. The summed E-state index contributed by atoms with van der Waals surface area (Å²) >= 11 is 1.49. The number of nitrogens with one attached hydrogen (secondary N) is 1. The van der Waals surface area contributed by atoms with Crippen molar-refractivity contribution in [1.82, 2.24) is 24.3 Å². The van der Waals surface area contributed by atoms with E-state index < -0.39 is 23.3 Å². The number of fused-ring (bicyclic) bond motifs is 4. The molecule has 190 valence electrons. The smallest absolute Gasteiger partial charge is 0.433 e. The van der Waals surface area contributed by atoms with Crippen molar-refractivity contribution in [3.63, 3.8) is 0 Å². The molecule has 37 heavy (non-hydrogen) atoms. The van der Waals surface area contributed by atoms with Crippen LogP contribution >= 0.6 is 11.3 Å². The maximum absolute atomic E-state index is 13.8. The molecule has 0 bridgehead atoms. The lowest BCUT2D eigenvalue weighted by molar-refractivity contribution is -0.142. The predicted octanol–water partition coefficient (Wildman–Crippen LogP) is 4.60. The zero-order valence-electron chi connectivity index (χ0n) is 19.6. The van der Waals surface area contributed by atoms with Crippen LogP contribution in [0.3, 0.4) is 0 Å². The van der Waals surface area contributed by atoms with E-state index >= 15 is 0 Å². The Morgan fingerprint density at radius 1 is 1.30 bits per heavy atom. The van der Waals surface area contributed by atoms with Crippen molar-refractivity contribution in [2.75, 3.05) is 5.43 Å². The summed E-state index contributed by atoms with van der Waals surface area (Å²) in [5, 5.41) is 4.23. The Balaban J connectivity index is 1.45. The van der Waals surface area contributed by atoms with Gasteiger partial charge in [-0.1, -0.05) is 6.92 Å². The molecule has 1 aliphatic rings. The molecule has 0 aliphatic heterocycles. The van der Waals surface area contributed by atoms with E-state index in [1.165, 1.54) is 29.7 Å². The Hall–Kier alpha value is -4.00. The molecule has 13 heteroatoms. The number of thiophene rings is 1. The molecule has 0 aromatic carbocycles. The molecular weight excluding hydrogens is 509 g/mol. The van der Waals surface area contributed by atoms with Crippen molar-refractivity contribution in [1.29, 1.82) is 0 Å². The summed E-state index contributed by atoms with van der Waals surface area (Å²) < 4.78 is 48.2. The van der Waals surface area contributed by atoms with Crippen LogP contribution in [0.5, 0.6) is 0 Å². The van der Waals surface area contributed by atoms with E-state index in [0.29, 0.717) is 20.6 Å². The van der Waals surface area contributed by atoms with E-state index in [1.807, 2.05) is 0 Å². The summed E-state index contributed by atoms with van der Waals surface area (Å²) in [7, 11) is 0. The van der Waals surface area contributed by atoms with E-state index in [1.54, 1.807) is 6.92 Å². The maximum Gasteiger partial charge on any atom is 0.433 e. The van der Waals surface area contributed by atoms with Gasteiger partial charge >= 0.3 is 6.18 Å². The van der Waals surface area contributed by atoms with Crippen LogP contribution in [0.4, 0.5) is 13.2 Å². The van der Waals surface area contributed by atoms with Crippen LogP contribution in [-0.4, -0.2) is 30.2 Å². The normalized spacial score (nSPS) is 15.9. The Kier molecular flexibility index (Phi) is 5.23. The first-order valence-electron chi connectivity index (χ1n) is 11.5. The molecule has 1 amide bonds. The third-order valence-corrected chi connectivity index (χ3v) is 7.64. The number of nitrogens with zero attached hydrogens (tertiary/aromatic N) is 5. The highest BCUT2D eigenvalue weighted by Crippen LogP contribution is 2.36. The molecule has 1 N–H and O–H groups in total. The van der Waals surface area contributed by atoms with Gasteiger partial charge in [0.25, 0.3) is 11.5 Å². The van der Waals surface area contributed by atoms with Crippen molar-refractivity contribution in [2.45, 2.75) is 39.3 Å². The van der Waals surface area contributed by atoms with Gasteiger partial charge in [-0.3, -0.25) is 15.0 Å². The molecule has 0 saturated heterocycles. The highest BCUT2D eigenvalue weighted by Gasteiger charge is 2.36. The first-order chi connectivity index (χ1) is 17.6.